The molecule has 0 bridgehead atoms. The van der Waals surface area contributed by atoms with E-state index in [1.165, 1.54) is 68.9 Å². The van der Waals surface area contributed by atoms with Crippen molar-refractivity contribution in [2.75, 3.05) is 13.9 Å². The molecule has 0 aromatic heterocycles. The van der Waals surface area contributed by atoms with Crippen molar-refractivity contribution >= 4 is 6.29 Å². The summed E-state index contributed by atoms with van der Waals surface area (Å²) in [6, 6.07) is 6.37. The average molecular weight is 349 g/mol. The topological polar surface area (TPSA) is 35.5 Å². The molecular formula is C22H36O3. The number of methoxy groups -OCH3 is 1. The van der Waals surface area contributed by atoms with Crippen LogP contribution in [0, 0.1) is 6.92 Å². The van der Waals surface area contributed by atoms with Gasteiger partial charge in [0.05, 0.1) is 0 Å². The van der Waals surface area contributed by atoms with Crippen molar-refractivity contribution in [2.45, 2.75) is 84.0 Å². The molecule has 1 aromatic rings. The van der Waals surface area contributed by atoms with Gasteiger partial charge in [-0.15, -0.1) is 0 Å². The first-order valence-electron chi connectivity index (χ1n) is 9.93. The Labute approximate surface area is 154 Å². The van der Waals surface area contributed by atoms with Crippen LogP contribution in [-0.2, 0) is 16.0 Å². The third-order valence-electron chi connectivity index (χ3n) is 4.63. The Balaban J connectivity index is 2.06. The van der Waals surface area contributed by atoms with E-state index in [2.05, 4.69) is 25.1 Å². The number of unbranched alkanes of at least 4 members (excludes halogenated alkanes) is 10. The average Bonchev–Trinajstić information content (AvgIpc) is 2.62. The van der Waals surface area contributed by atoms with Gasteiger partial charge < -0.3 is 14.3 Å². The van der Waals surface area contributed by atoms with Crippen molar-refractivity contribution in [3.8, 4) is 5.75 Å². The fraction of sp³-hybridized carbons (Fsp3) is 0.682. The molecule has 0 amide bonds. The molecule has 142 valence electrons. The number of carbonyl (C=O) groups excluding carboxylic acids is 1. The molecule has 0 atom stereocenters. The molecule has 0 aliphatic heterocycles. The minimum atomic E-state index is 0.312. The summed E-state index contributed by atoms with van der Waals surface area (Å²) in [7, 11) is 1.66. The van der Waals surface area contributed by atoms with E-state index in [0.717, 1.165) is 31.3 Å². The van der Waals surface area contributed by atoms with Crippen LogP contribution in [0.25, 0.3) is 0 Å². The molecule has 0 saturated heterocycles. The van der Waals surface area contributed by atoms with E-state index < -0.39 is 0 Å². The summed E-state index contributed by atoms with van der Waals surface area (Å²) in [6.45, 7) is 2.40. The van der Waals surface area contributed by atoms with Crippen LogP contribution in [0.15, 0.2) is 18.2 Å². The van der Waals surface area contributed by atoms with Gasteiger partial charge in [-0.05, 0) is 37.3 Å². The van der Waals surface area contributed by atoms with E-state index in [4.69, 9.17) is 9.47 Å². The first-order valence-corrected chi connectivity index (χ1v) is 9.93. The van der Waals surface area contributed by atoms with E-state index in [-0.39, 0.29) is 0 Å². The Morgan fingerprint density at radius 3 is 2.08 bits per heavy atom. The smallest absolute Gasteiger partial charge is 0.188 e. The summed E-state index contributed by atoms with van der Waals surface area (Å²) in [4.78, 5) is 10.2. The number of ether oxygens (including phenoxy) is 2. The highest BCUT2D eigenvalue weighted by molar-refractivity contribution is 5.48. The first-order chi connectivity index (χ1) is 12.3. The van der Waals surface area contributed by atoms with E-state index in [1.807, 2.05) is 0 Å². The SMILES string of the molecule is COCOc1c(C)cccc1CCCCCCCCCCCCC=O. The van der Waals surface area contributed by atoms with Gasteiger partial charge in [-0.1, -0.05) is 69.6 Å². The maximum absolute atomic E-state index is 10.2. The predicted molar refractivity (Wildman–Crippen MR) is 104 cm³/mol. The summed E-state index contributed by atoms with van der Waals surface area (Å²) >= 11 is 0. The van der Waals surface area contributed by atoms with E-state index in [1.54, 1.807) is 7.11 Å². The number of aryl methyl sites for hydroxylation is 2. The molecular weight excluding hydrogens is 312 g/mol. The van der Waals surface area contributed by atoms with Gasteiger partial charge >= 0.3 is 0 Å². The molecule has 0 heterocycles. The molecule has 3 nitrogen and oxygen atoms in total. The molecule has 0 unspecified atom stereocenters. The zero-order valence-electron chi connectivity index (χ0n) is 16.2. The third-order valence-corrected chi connectivity index (χ3v) is 4.63. The molecule has 1 aromatic carbocycles. The highest BCUT2D eigenvalue weighted by atomic mass is 16.7. The van der Waals surface area contributed by atoms with Crippen molar-refractivity contribution < 1.29 is 14.3 Å². The van der Waals surface area contributed by atoms with Gasteiger partial charge in [-0.3, -0.25) is 0 Å². The van der Waals surface area contributed by atoms with Gasteiger partial charge in [0.15, 0.2) is 6.79 Å². The highest BCUT2D eigenvalue weighted by Crippen LogP contribution is 2.25. The van der Waals surface area contributed by atoms with Crippen LogP contribution in [0.4, 0.5) is 0 Å². The summed E-state index contributed by atoms with van der Waals surface area (Å²) in [6.07, 6.45) is 15.6. The monoisotopic (exact) mass is 348 g/mol. The van der Waals surface area contributed by atoms with Crippen molar-refractivity contribution in [3.05, 3.63) is 29.3 Å². The van der Waals surface area contributed by atoms with E-state index >= 15 is 0 Å². The normalized spacial score (nSPS) is 10.8. The third kappa shape index (κ3) is 10.3. The number of para-hydroxylation sites is 1. The summed E-state index contributed by atoms with van der Waals surface area (Å²) < 4.78 is 10.8. The summed E-state index contributed by atoms with van der Waals surface area (Å²) in [5.74, 6) is 0.999. The van der Waals surface area contributed by atoms with Gasteiger partial charge in [-0.2, -0.15) is 0 Å². The Morgan fingerprint density at radius 2 is 1.48 bits per heavy atom. The minimum Gasteiger partial charge on any atom is -0.467 e. The maximum atomic E-state index is 10.2. The number of benzene rings is 1. The van der Waals surface area contributed by atoms with Crippen molar-refractivity contribution in [2.24, 2.45) is 0 Å². The molecule has 0 spiro atoms. The minimum absolute atomic E-state index is 0.312. The second-order valence-corrected chi connectivity index (χ2v) is 6.85. The largest absolute Gasteiger partial charge is 0.467 e. The predicted octanol–water partition coefficient (Wildman–Crippen LogP) is 6.01. The van der Waals surface area contributed by atoms with Crippen LogP contribution < -0.4 is 4.74 Å². The lowest BCUT2D eigenvalue weighted by Crippen LogP contribution is -2.03. The number of hydrogen-bond acceptors (Lipinski definition) is 3. The van der Waals surface area contributed by atoms with Gasteiger partial charge in [0.25, 0.3) is 0 Å². The Morgan fingerprint density at radius 1 is 0.880 bits per heavy atom. The Bertz CT molecular complexity index is 457. The van der Waals surface area contributed by atoms with Crippen molar-refractivity contribution in [1.29, 1.82) is 0 Å². The van der Waals surface area contributed by atoms with Crippen LogP contribution in [0.3, 0.4) is 0 Å². The Hall–Kier alpha value is -1.35. The summed E-state index contributed by atoms with van der Waals surface area (Å²) in [5, 5.41) is 0. The quantitative estimate of drug-likeness (QED) is 0.208. The lowest BCUT2D eigenvalue weighted by molar-refractivity contribution is -0.107. The molecule has 0 aliphatic carbocycles. The highest BCUT2D eigenvalue weighted by Gasteiger charge is 2.06. The van der Waals surface area contributed by atoms with Crippen LogP contribution in [0.5, 0.6) is 5.75 Å². The van der Waals surface area contributed by atoms with Gasteiger partial charge in [-0.25, -0.2) is 0 Å². The van der Waals surface area contributed by atoms with Crippen LogP contribution in [0.2, 0.25) is 0 Å². The van der Waals surface area contributed by atoms with Gasteiger partial charge in [0.2, 0.25) is 0 Å². The summed E-state index contributed by atoms with van der Waals surface area (Å²) in [5.41, 5.74) is 2.48. The Kier molecular flexibility index (Phi) is 13.0. The van der Waals surface area contributed by atoms with E-state index in [9.17, 15) is 4.79 Å². The number of carbonyl (C=O) groups is 1. The first kappa shape index (κ1) is 21.7. The van der Waals surface area contributed by atoms with Crippen LogP contribution in [-0.4, -0.2) is 20.2 Å². The molecule has 0 fully saturated rings. The van der Waals surface area contributed by atoms with Gasteiger partial charge in [0, 0.05) is 13.5 Å². The number of hydrogen-bond donors (Lipinski definition) is 0. The zero-order chi connectivity index (χ0) is 18.2. The van der Waals surface area contributed by atoms with Crippen LogP contribution >= 0.6 is 0 Å². The molecule has 0 saturated carbocycles. The molecule has 0 aliphatic rings. The molecule has 1 rings (SSSR count). The maximum Gasteiger partial charge on any atom is 0.188 e. The standard InChI is InChI=1S/C22H36O3/c1-20-15-14-17-21(22(20)25-19-24-2)16-12-10-8-6-4-3-5-7-9-11-13-18-23/h14-15,17-18H,3-13,16,19H2,1-2H3. The fourth-order valence-corrected chi connectivity index (χ4v) is 3.19. The molecule has 0 radical (unpaired) electrons. The van der Waals surface area contributed by atoms with Gasteiger partial charge in [0.1, 0.15) is 12.0 Å². The lowest BCUT2D eigenvalue weighted by Gasteiger charge is -2.13. The second kappa shape index (κ2) is 14.9. The second-order valence-electron chi connectivity index (χ2n) is 6.85. The van der Waals surface area contributed by atoms with Crippen molar-refractivity contribution in [3.63, 3.8) is 0 Å². The molecule has 3 heteroatoms. The van der Waals surface area contributed by atoms with Crippen molar-refractivity contribution in [1.82, 2.24) is 0 Å². The molecule has 0 N–H and O–H groups in total. The fourth-order valence-electron chi connectivity index (χ4n) is 3.19. The lowest BCUT2D eigenvalue weighted by atomic mass is 10.0. The number of aldehydes is 1. The number of rotatable bonds is 16. The van der Waals surface area contributed by atoms with Crippen LogP contribution in [0.1, 0.15) is 81.8 Å². The van der Waals surface area contributed by atoms with E-state index in [0.29, 0.717) is 6.79 Å². The molecule has 25 heavy (non-hydrogen) atoms. The zero-order valence-corrected chi connectivity index (χ0v) is 16.2.